The maximum Gasteiger partial charge on any atom is 0.0435 e. The molecular weight excluding hydrogens is 230 g/mol. The molecule has 0 saturated heterocycles. The Kier molecular flexibility index (Phi) is 4.47. The average Bonchev–Trinajstić information content (AvgIpc) is 3.12. The van der Waals surface area contributed by atoms with Crippen molar-refractivity contribution in [1.29, 1.82) is 0 Å². The second-order valence-corrected chi connectivity index (χ2v) is 5.55. The van der Waals surface area contributed by atoms with Gasteiger partial charge in [-0.05, 0) is 49.4 Å². The molecule has 0 radical (unpaired) electrons. The van der Waals surface area contributed by atoms with E-state index in [1.165, 1.54) is 36.8 Å². The third-order valence-corrected chi connectivity index (χ3v) is 4.02. The van der Waals surface area contributed by atoms with E-state index in [4.69, 9.17) is 11.6 Å². The van der Waals surface area contributed by atoms with E-state index in [0.29, 0.717) is 6.04 Å². The molecule has 1 aliphatic carbocycles. The Hall–Kier alpha value is -0.530. The van der Waals surface area contributed by atoms with Gasteiger partial charge in [-0.2, -0.15) is 0 Å². The molecular formula is C15H22ClN. The summed E-state index contributed by atoms with van der Waals surface area (Å²) in [6.45, 7) is 5.28. The highest BCUT2D eigenvalue weighted by atomic mass is 35.5. The monoisotopic (exact) mass is 251 g/mol. The van der Waals surface area contributed by atoms with Gasteiger partial charge in [-0.15, -0.1) is 0 Å². The van der Waals surface area contributed by atoms with Crippen LogP contribution in [0, 0.1) is 12.8 Å². The lowest BCUT2D eigenvalue weighted by atomic mass is 9.99. The minimum atomic E-state index is 0.497. The first-order valence-corrected chi connectivity index (χ1v) is 7.08. The summed E-state index contributed by atoms with van der Waals surface area (Å²) in [6.07, 6.45) is 5.50. The van der Waals surface area contributed by atoms with E-state index in [1.807, 2.05) is 6.07 Å². The first kappa shape index (κ1) is 12.9. The molecule has 0 bridgehead atoms. The topological polar surface area (TPSA) is 12.0 Å². The second kappa shape index (κ2) is 5.88. The standard InChI is InChI=1S/C15H22ClN/c1-3-17-15(9-6-12-4-5-12)13-7-8-14(16)11(2)10-13/h7-8,10,12,15,17H,3-6,9H2,1-2H3. The quantitative estimate of drug-likeness (QED) is 0.786. The van der Waals surface area contributed by atoms with Gasteiger partial charge in [0.1, 0.15) is 0 Å². The summed E-state index contributed by atoms with van der Waals surface area (Å²) in [5, 5.41) is 4.45. The molecule has 0 heterocycles. The van der Waals surface area contributed by atoms with Gasteiger partial charge in [0.2, 0.25) is 0 Å². The van der Waals surface area contributed by atoms with Crippen molar-refractivity contribution in [1.82, 2.24) is 5.32 Å². The first-order chi connectivity index (χ1) is 8.20. The van der Waals surface area contributed by atoms with E-state index in [2.05, 4.69) is 31.3 Å². The normalized spacial score (nSPS) is 17.1. The smallest absolute Gasteiger partial charge is 0.0435 e. The van der Waals surface area contributed by atoms with Gasteiger partial charge in [0.05, 0.1) is 0 Å². The number of hydrogen-bond acceptors (Lipinski definition) is 1. The zero-order valence-corrected chi connectivity index (χ0v) is 11.6. The summed E-state index contributed by atoms with van der Waals surface area (Å²) in [6, 6.07) is 6.91. The minimum absolute atomic E-state index is 0.497. The Morgan fingerprint density at radius 2 is 2.18 bits per heavy atom. The van der Waals surface area contributed by atoms with Crippen molar-refractivity contribution in [3.63, 3.8) is 0 Å². The van der Waals surface area contributed by atoms with Crippen LogP contribution in [0.4, 0.5) is 0 Å². The zero-order chi connectivity index (χ0) is 12.3. The van der Waals surface area contributed by atoms with Gasteiger partial charge < -0.3 is 5.32 Å². The van der Waals surface area contributed by atoms with Crippen LogP contribution >= 0.6 is 11.6 Å². The molecule has 1 fully saturated rings. The molecule has 1 atom stereocenters. The minimum Gasteiger partial charge on any atom is -0.310 e. The van der Waals surface area contributed by atoms with Crippen molar-refractivity contribution in [2.75, 3.05) is 6.54 Å². The van der Waals surface area contributed by atoms with Crippen LogP contribution in [0.15, 0.2) is 18.2 Å². The Balaban J connectivity index is 2.03. The molecule has 1 unspecified atom stereocenters. The predicted octanol–water partition coefficient (Wildman–Crippen LogP) is 4.49. The summed E-state index contributed by atoms with van der Waals surface area (Å²) in [5.74, 6) is 1.00. The fourth-order valence-electron chi connectivity index (χ4n) is 2.33. The van der Waals surface area contributed by atoms with Crippen molar-refractivity contribution < 1.29 is 0 Å². The van der Waals surface area contributed by atoms with E-state index in [1.54, 1.807) is 0 Å². The van der Waals surface area contributed by atoms with Crippen LogP contribution in [-0.4, -0.2) is 6.54 Å². The molecule has 1 N–H and O–H groups in total. The average molecular weight is 252 g/mol. The molecule has 0 aliphatic heterocycles. The maximum absolute atomic E-state index is 6.08. The lowest BCUT2D eigenvalue weighted by Crippen LogP contribution is -2.21. The van der Waals surface area contributed by atoms with Gasteiger partial charge in [-0.1, -0.05) is 43.5 Å². The van der Waals surface area contributed by atoms with Crippen LogP contribution in [0.5, 0.6) is 0 Å². The summed E-state index contributed by atoms with van der Waals surface area (Å²) >= 11 is 6.08. The molecule has 17 heavy (non-hydrogen) atoms. The maximum atomic E-state index is 6.08. The van der Waals surface area contributed by atoms with Crippen LogP contribution in [-0.2, 0) is 0 Å². The Morgan fingerprint density at radius 3 is 2.76 bits per heavy atom. The summed E-state index contributed by atoms with van der Waals surface area (Å²) in [4.78, 5) is 0. The number of aryl methyl sites for hydroxylation is 1. The van der Waals surface area contributed by atoms with E-state index in [-0.39, 0.29) is 0 Å². The van der Waals surface area contributed by atoms with Gasteiger partial charge >= 0.3 is 0 Å². The van der Waals surface area contributed by atoms with Crippen molar-refractivity contribution in [2.24, 2.45) is 5.92 Å². The number of nitrogens with one attached hydrogen (secondary N) is 1. The van der Waals surface area contributed by atoms with E-state index in [9.17, 15) is 0 Å². The Bertz CT molecular complexity index is 371. The zero-order valence-electron chi connectivity index (χ0n) is 10.8. The lowest BCUT2D eigenvalue weighted by molar-refractivity contribution is 0.481. The van der Waals surface area contributed by atoms with Crippen LogP contribution in [0.25, 0.3) is 0 Å². The number of benzene rings is 1. The number of halogens is 1. The molecule has 1 aliphatic rings. The van der Waals surface area contributed by atoms with E-state index < -0.39 is 0 Å². The first-order valence-electron chi connectivity index (χ1n) is 6.70. The fourth-order valence-corrected chi connectivity index (χ4v) is 2.44. The molecule has 0 aromatic heterocycles. The number of hydrogen-bond donors (Lipinski definition) is 1. The van der Waals surface area contributed by atoms with Crippen molar-refractivity contribution >= 4 is 11.6 Å². The lowest BCUT2D eigenvalue weighted by Gasteiger charge is -2.19. The third-order valence-electron chi connectivity index (χ3n) is 3.60. The van der Waals surface area contributed by atoms with Gasteiger partial charge in [-0.3, -0.25) is 0 Å². The predicted molar refractivity (Wildman–Crippen MR) is 74.6 cm³/mol. The van der Waals surface area contributed by atoms with Crippen LogP contribution < -0.4 is 5.32 Å². The largest absolute Gasteiger partial charge is 0.310 e. The SMILES string of the molecule is CCNC(CCC1CC1)c1ccc(Cl)c(C)c1. The van der Waals surface area contributed by atoms with Crippen molar-refractivity contribution in [3.8, 4) is 0 Å². The Morgan fingerprint density at radius 1 is 1.41 bits per heavy atom. The highest BCUT2D eigenvalue weighted by molar-refractivity contribution is 6.31. The second-order valence-electron chi connectivity index (χ2n) is 5.14. The fraction of sp³-hybridized carbons (Fsp3) is 0.600. The van der Waals surface area contributed by atoms with Gasteiger partial charge in [-0.25, -0.2) is 0 Å². The third kappa shape index (κ3) is 3.72. The molecule has 1 aromatic carbocycles. The number of rotatable bonds is 6. The molecule has 1 aromatic rings. The summed E-state index contributed by atoms with van der Waals surface area (Å²) < 4.78 is 0. The molecule has 1 saturated carbocycles. The highest BCUT2D eigenvalue weighted by Gasteiger charge is 2.22. The summed E-state index contributed by atoms with van der Waals surface area (Å²) in [7, 11) is 0. The van der Waals surface area contributed by atoms with E-state index >= 15 is 0 Å². The van der Waals surface area contributed by atoms with Crippen LogP contribution in [0.3, 0.4) is 0 Å². The molecule has 0 amide bonds. The van der Waals surface area contributed by atoms with Gasteiger partial charge in [0.15, 0.2) is 0 Å². The molecule has 2 heteroatoms. The molecule has 94 valence electrons. The molecule has 1 nitrogen and oxygen atoms in total. The molecule has 2 rings (SSSR count). The highest BCUT2D eigenvalue weighted by Crippen LogP contribution is 2.36. The van der Waals surface area contributed by atoms with Crippen LogP contribution in [0.2, 0.25) is 5.02 Å². The van der Waals surface area contributed by atoms with Gasteiger partial charge in [0.25, 0.3) is 0 Å². The van der Waals surface area contributed by atoms with Crippen molar-refractivity contribution in [3.05, 3.63) is 34.3 Å². The van der Waals surface area contributed by atoms with Crippen LogP contribution in [0.1, 0.15) is 49.8 Å². The Labute approximate surface area is 110 Å². The molecule has 0 spiro atoms. The van der Waals surface area contributed by atoms with Gasteiger partial charge in [0, 0.05) is 11.1 Å². The van der Waals surface area contributed by atoms with Crippen molar-refractivity contribution in [2.45, 2.75) is 45.6 Å². The van der Waals surface area contributed by atoms with E-state index in [0.717, 1.165) is 17.5 Å². The summed E-state index contributed by atoms with van der Waals surface area (Å²) in [5.41, 5.74) is 2.56.